The van der Waals surface area contributed by atoms with Crippen LogP contribution in [0.25, 0.3) is 10.9 Å². The third kappa shape index (κ3) is 1.70. The van der Waals surface area contributed by atoms with Crippen molar-refractivity contribution in [2.75, 3.05) is 14.2 Å². The lowest BCUT2D eigenvalue weighted by molar-refractivity contribution is 0.415. The van der Waals surface area contributed by atoms with Crippen molar-refractivity contribution in [1.29, 1.82) is 0 Å². The predicted octanol–water partition coefficient (Wildman–Crippen LogP) is 2.46. The standard InChI is InChI=1S/C12H16N2O/c1-8(13-2)11-7-14-12-5-4-9(15-3)6-10(11)12/h4-8,13-14H,1-3H3. The van der Waals surface area contributed by atoms with Crippen LogP contribution in [0.4, 0.5) is 0 Å². The number of ether oxygens (including phenoxy) is 1. The topological polar surface area (TPSA) is 37.0 Å². The maximum atomic E-state index is 5.23. The van der Waals surface area contributed by atoms with Crippen molar-refractivity contribution in [2.24, 2.45) is 0 Å². The second-order valence-corrected chi connectivity index (χ2v) is 3.67. The van der Waals surface area contributed by atoms with Gasteiger partial charge in [0.1, 0.15) is 5.75 Å². The van der Waals surface area contributed by atoms with Crippen LogP contribution in [0.1, 0.15) is 18.5 Å². The average Bonchev–Trinajstić information content (AvgIpc) is 2.70. The second kappa shape index (κ2) is 3.95. The van der Waals surface area contributed by atoms with E-state index in [2.05, 4.69) is 23.3 Å². The molecule has 0 fully saturated rings. The molecule has 0 saturated heterocycles. The van der Waals surface area contributed by atoms with E-state index in [1.54, 1.807) is 7.11 Å². The van der Waals surface area contributed by atoms with E-state index in [1.165, 1.54) is 10.9 Å². The SMILES string of the molecule is CNC(C)c1c[nH]c2ccc(OC)cc12. The highest BCUT2D eigenvalue weighted by Crippen LogP contribution is 2.27. The van der Waals surface area contributed by atoms with Gasteiger partial charge in [-0.3, -0.25) is 0 Å². The van der Waals surface area contributed by atoms with Gasteiger partial charge in [-0.2, -0.15) is 0 Å². The van der Waals surface area contributed by atoms with E-state index in [0.717, 1.165) is 11.3 Å². The zero-order valence-electron chi connectivity index (χ0n) is 9.29. The highest BCUT2D eigenvalue weighted by Gasteiger charge is 2.09. The molecule has 1 aromatic heterocycles. The molecule has 1 aromatic carbocycles. The van der Waals surface area contributed by atoms with Gasteiger partial charge in [0.05, 0.1) is 7.11 Å². The van der Waals surface area contributed by atoms with Gasteiger partial charge >= 0.3 is 0 Å². The number of aromatic nitrogens is 1. The van der Waals surface area contributed by atoms with Crippen molar-refractivity contribution < 1.29 is 4.74 Å². The summed E-state index contributed by atoms with van der Waals surface area (Å²) in [4.78, 5) is 3.26. The summed E-state index contributed by atoms with van der Waals surface area (Å²) in [6.45, 7) is 2.14. The van der Waals surface area contributed by atoms with Gasteiger partial charge in [-0.15, -0.1) is 0 Å². The Kier molecular flexibility index (Phi) is 2.64. The molecule has 3 heteroatoms. The Morgan fingerprint density at radius 3 is 2.87 bits per heavy atom. The lowest BCUT2D eigenvalue weighted by Gasteiger charge is -2.08. The van der Waals surface area contributed by atoms with E-state index in [-0.39, 0.29) is 0 Å². The van der Waals surface area contributed by atoms with E-state index in [4.69, 9.17) is 4.74 Å². The zero-order chi connectivity index (χ0) is 10.8. The van der Waals surface area contributed by atoms with Crippen molar-refractivity contribution in [3.05, 3.63) is 30.0 Å². The van der Waals surface area contributed by atoms with E-state index >= 15 is 0 Å². The normalized spacial score (nSPS) is 13.0. The average molecular weight is 204 g/mol. The predicted molar refractivity (Wildman–Crippen MR) is 62.3 cm³/mol. The molecular weight excluding hydrogens is 188 g/mol. The zero-order valence-corrected chi connectivity index (χ0v) is 9.29. The quantitative estimate of drug-likeness (QED) is 0.805. The third-order valence-electron chi connectivity index (χ3n) is 2.82. The first-order valence-corrected chi connectivity index (χ1v) is 5.08. The Bertz CT molecular complexity index is 462. The Morgan fingerprint density at radius 1 is 1.40 bits per heavy atom. The lowest BCUT2D eigenvalue weighted by Crippen LogP contribution is -2.11. The number of rotatable bonds is 3. The van der Waals surface area contributed by atoms with Gasteiger partial charge in [0.15, 0.2) is 0 Å². The van der Waals surface area contributed by atoms with Crippen molar-refractivity contribution >= 4 is 10.9 Å². The first-order valence-electron chi connectivity index (χ1n) is 5.08. The van der Waals surface area contributed by atoms with Crippen LogP contribution in [-0.4, -0.2) is 19.1 Å². The van der Waals surface area contributed by atoms with Crippen LogP contribution in [0, 0.1) is 0 Å². The first-order chi connectivity index (χ1) is 7.26. The molecule has 1 atom stereocenters. The number of fused-ring (bicyclic) bond motifs is 1. The van der Waals surface area contributed by atoms with Crippen molar-refractivity contribution in [3.8, 4) is 5.75 Å². The fraction of sp³-hybridized carbons (Fsp3) is 0.333. The molecule has 0 aliphatic carbocycles. The van der Waals surface area contributed by atoms with Gasteiger partial charge in [-0.1, -0.05) is 0 Å². The number of hydrogen-bond acceptors (Lipinski definition) is 2. The molecule has 3 nitrogen and oxygen atoms in total. The van der Waals surface area contributed by atoms with Gasteiger partial charge in [-0.25, -0.2) is 0 Å². The molecule has 0 bridgehead atoms. The second-order valence-electron chi connectivity index (χ2n) is 3.67. The highest BCUT2D eigenvalue weighted by atomic mass is 16.5. The largest absolute Gasteiger partial charge is 0.497 e. The molecule has 0 spiro atoms. The first kappa shape index (κ1) is 10.1. The summed E-state index contributed by atoms with van der Waals surface area (Å²) in [7, 11) is 3.65. The number of hydrogen-bond donors (Lipinski definition) is 2. The van der Waals surface area contributed by atoms with Crippen molar-refractivity contribution in [2.45, 2.75) is 13.0 Å². The highest BCUT2D eigenvalue weighted by molar-refractivity contribution is 5.85. The molecular formula is C12H16N2O. The number of benzene rings is 1. The Hall–Kier alpha value is -1.48. The van der Waals surface area contributed by atoms with Gasteiger partial charge in [0.2, 0.25) is 0 Å². The summed E-state index contributed by atoms with van der Waals surface area (Å²) in [6, 6.07) is 6.41. The van der Waals surface area contributed by atoms with E-state index in [0.29, 0.717) is 6.04 Å². The molecule has 80 valence electrons. The fourth-order valence-electron chi connectivity index (χ4n) is 1.76. The summed E-state index contributed by atoms with van der Waals surface area (Å²) in [5.74, 6) is 0.895. The maximum absolute atomic E-state index is 5.23. The van der Waals surface area contributed by atoms with E-state index in [9.17, 15) is 0 Å². The van der Waals surface area contributed by atoms with E-state index < -0.39 is 0 Å². The van der Waals surface area contributed by atoms with Crippen LogP contribution in [0.15, 0.2) is 24.4 Å². The van der Waals surface area contributed by atoms with Crippen LogP contribution < -0.4 is 10.1 Å². The smallest absolute Gasteiger partial charge is 0.119 e. The third-order valence-corrected chi connectivity index (χ3v) is 2.82. The van der Waals surface area contributed by atoms with Gasteiger partial charge < -0.3 is 15.0 Å². The van der Waals surface area contributed by atoms with Crippen LogP contribution in [-0.2, 0) is 0 Å². The van der Waals surface area contributed by atoms with Gasteiger partial charge in [-0.05, 0) is 37.7 Å². The monoisotopic (exact) mass is 204 g/mol. The Labute approximate surface area is 89.4 Å². The summed E-state index contributed by atoms with van der Waals surface area (Å²) in [5, 5.41) is 4.45. The maximum Gasteiger partial charge on any atom is 0.119 e. The minimum atomic E-state index is 0.339. The Morgan fingerprint density at radius 2 is 2.20 bits per heavy atom. The molecule has 2 rings (SSSR count). The summed E-state index contributed by atoms with van der Waals surface area (Å²) < 4.78 is 5.23. The van der Waals surface area contributed by atoms with Crippen LogP contribution in [0.3, 0.4) is 0 Å². The van der Waals surface area contributed by atoms with Crippen molar-refractivity contribution in [3.63, 3.8) is 0 Å². The molecule has 0 saturated carbocycles. The Balaban J connectivity index is 2.56. The fourth-order valence-corrected chi connectivity index (χ4v) is 1.76. The summed E-state index contributed by atoms with van der Waals surface area (Å²) in [6.07, 6.45) is 2.05. The number of nitrogens with one attached hydrogen (secondary N) is 2. The molecule has 0 radical (unpaired) electrons. The minimum Gasteiger partial charge on any atom is -0.497 e. The molecule has 0 aliphatic rings. The summed E-state index contributed by atoms with van der Waals surface area (Å²) in [5.41, 5.74) is 2.42. The molecule has 0 aliphatic heterocycles. The molecule has 15 heavy (non-hydrogen) atoms. The minimum absolute atomic E-state index is 0.339. The van der Waals surface area contributed by atoms with Crippen LogP contribution in [0.5, 0.6) is 5.75 Å². The summed E-state index contributed by atoms with van der Waals surface area (Å²) >= 11 is 0. The number of aromatic amines is 1. The van der Waals surface area contributed by atoms with Crippen LogP contribution in [0.2, 0.25) is 0 Å². The lowest BCUT2D eigenvalue weighted by atomic mass is 10.1. The van der Waals surface area contributed by atoms with Crippen LogP contribution >= 0.6 is 0 Å². The number of H-pyrrole nitrogens is 1. The molecule has 2 N–H and O–H groups in total. The van der Waals surface area contributed by atoms with Crippen molar-refractivity contribution in [1.82, 2.24) is 10.3 Å². The molecule has 1 heterocycles. The van der Waals surface area contributed by atoms with Gasteiger partial charge in [0, 0.05) is 23.1 Å². The molecule has 2 aromatic rings. The van der Waals surface area contributed by atoms with E-state index in [1.807, 2.05) is 25.4 Å². The number of methoxy groups -OCH3 is 1. The molecule has 0 amide bonds. The molecule has 1 unspecified atom stereocenters. The van der Waals surface area contributed by atoms with Gasteiger partial charge in [0.25, 0.3) is 0 Å².